The van der Waals surface area contributed by atoms with Gasteiger partial charge in [0.25, 0.3) is 0 Å². The first-order valence-corrected chi connectivity index (χ1v) is 5.59. The third-order valence-corrected chi connectivity index (χ3v) is 4.45. The molecule has 1 nitrogen and oxygen atoms in total. The summed E-state index contributed by atoms with van der Waals surface area (Å²) in [5.74, 6) is 1.01. The van der Waals surface area contributed by atoms with E-state index in [1.54, 1.807) is 6.92 Å². The second-order valence-electron chi connectivity index (χ2n) is 5.89. The number of carbonyl (C=O) groups excluding carboxylic acids is 1. The Morgan fingerprint density at radius 1 is 1.43 bits per heavy atom. The highest BCUT2D eigenvalue weighted by Gasteiger charge is 2.55. The Morgan fingerprint density at radius 2 is 2.07 bits per heavy atom. The molecular formula is C13H20O. The number of carbonyl (C=O) groups is 1. The van der Waals surface area contributed by atoms with Crippen molar-refractivity contribution in [3.63, 3.8) is 0 Å². The average molecular weight is 192 g/mol. The fraction of sp³-hybridized carbons (Fsp3) is 0.769. The van der Waals surface area contributed by atoms with Crippen molar-refractivity contribution in [2.24, 2.45) is 16.7 Å². The smallest absolute Gasteiger partial charge is 0.152 e. The van der Waals surface area contributed by atoms with E-state index in [0.29, 0.717) is 5.41 Å². The molecule has 0 aliphatic heterocycles. The van der Waals surface area contributed by atoms with Gasteiger partial charge in [0.2, 0.25) is 0 Å². The van der Waals surface area contributed by atoms with E-state index >= 15 is 0 Å². The van der Waals surface area contributed by atoms with E-state index in [-0.39, 0.29) is 11.2 Å². The molecule has 2 aliphatic carbocycles. The van der Waals surface area contributed by atoms with Gasteiger partial charge in [-0.05, 0) is 49.0 Å². The standard InChI is InChI=1S/C13H20O/c1-9(14)7-11-12(2,3)10-5-6-13(11,4)8-10/h7,10H,5-6,8H2,1-4H3/b11-7-. The molecule has 14 heavy (non-hydrogen) atoms. The third-order valence-electron chi connectivity index (χ3n) is 4.45. The molecule has 0 spiro atoms. The number of rotatable bonds is 1. The summed E-state index contributed by atoms with van der Waals surface area (Å²) in [5.41, 5.74) is 2.01. The molecule has 2 bridgehead atoms. The fourth-order valence-electron chi connectivity index (χ4n) is 3.66. The summed E-state index contributed by atoms with van der Waals surface area (Å²) in [6.07, 6.45) is 5.82. The summed E-state index contributed by atoms with van der Waals surface area (Å²) in [6, 6.07) is 0. The highest BCUT2D eigenvalue weighted by molar-refractivity contribution is 5.88. The number of fused-ring (bicyclic) bond motifs is 2. The monoisotopic (exact) mass is 192 g/mol. The molecule has 2 aliphatic rings. The summed E-state index contributed by atoms with van der Waals surface area (Å²) in [7, 11) is 0. The first-order valence-electron chi connectivity index (χ1n) is 5.59. The zero-order chi connectivity index (χ0) is 10.6. The van der Waals surface area contributed by atoms with Crippen LogP contribution in [0.2, 0.25) is 0 Å². The van der Waals surface area contributed by atoms with Crippen molar-refractivity contribution < 1.29 is 4.79 Å². The Balaban J connectivity index is 2.44. The molecular weight excluding hydrogens is 172 g/mol. The lowest BCUT2D eigenvalue weighted by molar-refractivity contribution is -0.112. The Kier molecular flexibility index (Phi) is 1.93. The van der Waals surface area contributed by atoms with Crippen molar-refractivity contribution in [2.45, 2.75) is 47.0 Å². The molecule has 0 heterocycles. The average Bonchev–Trinajstić information content (AvgIpc) is 2.49. The van der Waals surface area contributed by atoms with Gasteiger partial charge >= 0.3 is 0 Å². The van der Waals surface area contributed by atoms with E-state index in [1.165, 1.54) is 24.8 Å². The molecule has 2 atom stereocenters. The van der Waals surface area contributed by atoms with Gasteiger partial charge in [0, 0.05) is 0 Å². The number of allylic oxidation sites excluding steroid dienone is 2. The van der Waals surface area contributed by atoms with E-state index in [0.717, 1.165) is 5.92 Å². The van der Waals surface area contributed by atoms with Crippen LogP contribution in [-0.2, 0) is 4.79 Å². The van der Waals surface area contributed by atoms with Gasteiger partial charge in [0.05, 0.1) is 0 Å². The summed E-state index contributed by atoms with van der Waals surface area (Å²) < 4.78 is 0. The van der Waals surface area contributed by atoms with E-state index in [1.807, 2.05) is 6.08 Å². The predicted octanol–water partition coefficient (Wildman–Crippen LogP) is 3.35. The molecule has 2 rings (SSSR count). The maximum Gasteiger partial charge on any atom is 0.152 e. The van der Waals surface area contributed by atoms with Crippen LogP contribution in [0.4, 0.5) is 0 Å². The van der Waals surface area contributed by atoms with E-state index in [4.69, 9.17) is 0 Å². The lowest BCUT2D eigenvalue weighted by atomic mass is 9.68. The second kappa shape index (κ2) is 2.71. The lowest BCUT2D eigenvalue weighted by Crippen LogP contribution is -2.27. The molecule has 0 amide bonds. The van der Waals surface area contributed by atoms with Gasteiger partial charge in [-0.3, -0.25) is 4.79 Å². The van der Waals surface area contributed by atoms with Crippen molar-refractivity contribution >= 4 is 5.78 Å². The summed E-state index contributed by atoms with van der Waals surface area (Å²) >= 11 is 0. The van der Waals surface area contributed by atoms with Crippen LogP contribution < -0.4 is 0 Å². The molecule has 2 unspecified atom stereocenters. The minimum atomic E-state index is 0.210. The topological polar surface area (TPSA) is 17.1 Å². The maximum atomic E-state index is 11.2. The number of ketones is 1. The predicted molar refractivity (Wildman–Crippen MR) is 58.0 cm³/mol. The maximum absolute atomic E-state index is 11.2. The van der Waals surface area contributed by atoms with Crippen molar-refractivity contribution in [1.29, 1.82) is 0 Å². The van der Waals surface area contributed by atoms with Crippen molar-refractivity contribution in [1.82, 2.24) is 0 Å². The fourth-order valence-corrected chi connectivity index (χ4v) is 3.66. The molecule has 0 radical (unpaired) electrons. The van der Waals surface area contributed by atoms with Crippen LogP contribution in [-0.4, -0.2) is 5.78 Å². The normalized spacial score (nSPS) is 42.0. The molecule has 0 N–H and O–H groups in total. The van der Waals surface area contributed by atoms with Gasteiger partial charge in [-0.2, -0.15) is 0 Å². The molecule has 78 valence electrons. The minimum absolute atomic E-state index is 0.210. The van der Waals surface area contributed by atoms with Crippen molar-refractivity contribution in [3.8, 4) is 0 Å². The van der Waals surface area contributed by atoms with Crippen LogP contribution in [0.15, 0.2) is 11.6 Å². The molecule has 0 aromatic carbocycles. The van der Waals surface area contributed by atoms with Crippen LogP contribution in [0.25, 0.3) is 0 Å². The van der Waals surface area contributed by atoms with E-state index in [2.05, 4.69) is 20.8 Å². The number of hydrogen-bond acceptors (Lipinski definition) is 1. The Hall–Kier alpha value is -0.590. The first kappa shape index (κ1) is 9.95. The minimum Gasteiger partial charge on any atom is -0.295 e. The second-order valence-corrected chi connectivity index (χ2v) is 5.89. The summed E-state index contributed by atoms with van der Waals surface area (Å²) in [4.78, 5) is 11.2. The van der Waals surface area contributed by atoms with Gasteiger partial charge in [-0.15, -0.1) is 0 Å². The van der Waals surface area contributed by atoms with E-state index < -0.39 is 0 Å². The van der Waals surface area contributed by atoms with Crippen LogP contribution in [0.1, 0.15) is 47.0 Å². The van der Waals surface area contributed by atoms with Crippen LogP contribution in [0, 0.1) is 16.7 Å². The van der Waals surface area contributed by atoms with Gasteiger partial charge in [0.1, 0.15) is 0 Å². The van der Waals surface area contributed by atoms with E-state index in [9.17, 15) is 4.79 Å². The van der Waals surface area contributed by atoms with Crippen molar-refractivity contribution in [2.75, 3.05) is 0 Å². The summed E-state index contributed by atoms with van der Waals surface area (Å²) in [5, 5.41) is 0. The van der Waals surface area contributed by atoms with Gasteiger partial charge < -0.3 is 0 Å². The van der Waals surface area contributed by atoms with Crippen LogP contribution >= 0.6 is 0 Å². The lowest BCUT2D eigenvalue weighted by Gasteiger charge is -2.36. The molecule has 0 saturated heterocycles. The van der Waals surface area contributed by atoms with Gasteiger partial charge in [-0.25, -0.2) is 0 Å². The molecule has 2 fully saturated rings. The largest absolute Gasteiger partial charge is 0.295 e. The van der Waals surface area contributed by atoms with Gasteiger partial charge in [0.15, 0.2) is 5.78 Å². The highest BCUT2D eigenvalue weighted by atomic mass is 16.1. The quantitative estimate of drug-likeness (QED) is 0.582. The van der Waals surface area contributed by atoms with Crippen molar-refractivity contribution in [3.05, 3.63) is 11.6 Å². The third kappa shape index (κ3) is 1.18. The summed E-state index contributed by atoms with van der Waals surface area (Å²) in [6.45, 7) is 8.60. The highest BCUT2D eigenvalue weighted by Crippen LogP contribution is 2.65. The molecule has 0 aromatic rings. The molecule has 2 saturated carbocycles. The Morgan fingerprint density at radius 3 is 2.50 bits per heavy atom. The Bertz CT molecular complexity index is 304. The van der Waals surface area contributed by atoms with Gasteiger partial charge in [-0.1, -0.05) is 26.3 Å². The zero-order valence-corrected chi connectivity index (χ0v) is 9.68. The zero-order valence-electron chi connectivity index (χ0n) is 9.68. The number of hydrogen-bond donors (Lipinski definition) is 0. The van der Waals surface area contributed by atoms with Crippen LogP contribution in [0.5, 0.6) is 0 Å². The first-order chi connectivity index (χ1) is 6.36. The molecule has 0 aromatic heterocycles. The molecule has 1 heteroatoms. The SMILES string of the molecule is CC(=O)/C=C1\C2(C)CCC(C2)C1(C)C. The Labute approximate surface area is 86.6 Å². The van der Waals surface area contributed by atoms with Crippen LogP contribution in [0.3, 0.4) is 0 Å².